The number of rotatable bonds is 6. The summed E-state index contributed by atoms with van der Waals surface area (Å²) in [6.45, 7) is 4.13. The summed E-state index contributed by atoms with van der Waals surface area (Å²) >= 11 is 0. The summed E-state index contributed by atoms with van der Waals surface area (Å²) in [5.74, 6) is 0.0629. The molecule has 0 atom stereocenters. The Morgan fingerprint density at radius 3 is 2.71 bits per heavy atom. The minimum atomic E-state index is -0.755. The van der Waals surface area contributed by atoms with Crippen LogP contribution in [0.4, 0.5) is 0 Å². The monoisotopic (exact) mass is 376 g/mol. The minimum Gasteiger partial charge on any atom is -0.505 e. The molecule has 6 heteroatoms. The van der Waals surface area contributed by atoms with Crippen molar-refractivity contribution in [3.8, 4) is 23.3 Å². The molecule has 142 valence electrons. The van der Waals surface area contributed by atoms with Crippen LogP contribution in [0.25, 0.3) is 10.8 Å². The van der Waals surface area contributed by atoms with Gasteiger partial charge < -0.3 is 14.6 Å². The van der Waals surface area contributed by atoms with E-state index >= 15 is 0 Å². The highest BCUT2D eigenvalue weighted by atomic mass is 16.5. The number of nitriles is 1. The Kier molecular flexibility index (Phi) is 5.75. The predicted octanol–water partition coefficient (Wildman–Crippen LogP) is 4.87. The zero-order valence-corrected chi connectivity index (χ0v) is 15.7. The third kappa shape index (κ3) is 3.89. The molecular weight excluding hydrogens is 356 g/mol. The van der Waals surface area contributed by atoms with Crippen LogP contribution in [0.3, 0.4) is 0 Å². The molecule has 3 rings (SSSR count). The van der Waals surface area contributed by atoms with E-state index in [1.54, 1.807) is 18.2 Å². The largest absolute Gasteiger partial charge is 0.505 e. The van der Waals surface area contributed by atoms with Crippen molar-refractivity contribution in [1.29, 1.82) is 5.26 Å². The minimum absolute atomic E-state index is 0.0395. The Morgan fingerprint density at radius 1 is 1.21 bits per heavy atom. The summed E-state index contributed by atoms with van der Waals surface area (Å²) in [4.78, 5) is 16.3. The summed E-state index contributed by atoms with van der Waals surface area (Å²) in [7, 11) is 0. The van der Waals surface area contributed by atoms with Crippen LogP contribution in [0, 0.1) is 18.3 Å². The second kappa shape index (κ2) is 8.40. The number of benzene rings is 2. The van der Waals surface area contributed by atoms with Gasteiger partial charge in [-0.15, -0.1) is 0 Å². The molecule has 0 radical (unpaired) electrons. The van der Waals surface area contributed by atoms with Gasteiger partial charge in [0, 0.05) is 10.8 Å². The molecule has 0 spiro atoms. The van der Waals surface area contributed by atoms with Crippen molar-refractivity contribution < 1.29 is 19.4 Å². The average molecular weight is 376 g/mol. The van der Waals surface area contributed by atoms with E-state index in [0.717, 1.165) is 12.0 Å². The van der Waals surface area contributed by atoms with Crippen molar-refractivity contribution >= 4 is 16.7 Å². The summed E-state index contributed by atoms with van der Waals surface area (Å²) in [6, 6.07) is 14.4. The molecule has 1 heterocycles. The number of fused-ring (bicyclic) bond motifs is 1. The van der Waals surface area contributed by atoms with Gasteiger partial charge in [0.2, 0.25) is 0 Å². The van der Waals surface area contributed by atoms with Crippen molar-refractivity contribution in [3.05, 3.63) is 59.4 Å². The average Bonchev–Trinajstić information content (AvgIpc) is 2.70. The van der Waals surface area contributed by atoms with Crippen molar-refractivity contribution in [2.75, 3.05) is 6.61 Å². The van der Waals surface area contributed by atoms with Gasteiger partial charge in [-0.25, -0.2) is 9.78 Å². The molecule has 0 saturated heterocycles. The van der Waals surface area contributed by atoms with E-state index in [0.29, 0.717) is 28.7 Å². The fraction of sp³-hybridized carbons (Fsp3) is 0.227. The van der Waals surface area contributed by atoms with E-state index in [4.69, 9.17) is 9.47 Å². The van der Waals surface area contributed by atoms with Gasteiger partial charge in [-0.05, 0) is 43.2 Å². The highest BCUT2D eigenvalue weighted by molar-refractivity contribution is 6.01. The highest BCUT2D eigenvalue weighted by Gasteiger charge is 2.21. The van der Waals surface area contributed by atoms with Crippen molar-refractivity contribution in [2.24, 2.45) is 0 Å². The van der Waals surface area contributed by atoms with Gasteiger partial charge in [-0.1, -0.05) is 31.5 Å². The number of pyridine rings is 1. The maximum atomic E-state index is 12.3. The Morgan fingerprint density at radius 2 is 2.00 bits per heavy atom. The molecule has 0 saturated carbocycles. The van der Waals surface area contributed by atoms with Gasteiger partial charge in [0.15, 0.2) is 11.4 Å². The van der Waals surface area contributed by atoms with Gasteiger partial charge in [-0.3, -0.25) is 0 Å². The van der Waals surface area contributed by atoms with E-state index in [2.05, 4.69) is 4.98 Å². The van der Waals surface area contributed by atoms with Crippen molar-refractivity contribution in [2.45, 2.75) is 26.7 Å². The first-order chi connectivity index (χ1) is 13.5. The van der Waals surface area contributed by atoms with Crippen molar-refractivity contribution in [1.82, 2.24) is 4.98 Å². The van der Waals surface area contributed by atoms with Crippen LogP contribution in [0.2, 0.25) is 0 Å². The smallest absolute Gasteiger partial charge is 0.360 e. The molecule has 0 fully saturated rings. The molecule has 0 bridgehead atoms. The van der Waals surface area contributed by atoms with E-state index in [1.807, 2.05) is 44.2 Å². The number of ether oxygens (including phenoxy) is 2. The maximum Gasteiger partial charge on any atom is 0.360 e. The van der Waals surface area contributed by atoms with Crippen LogP contribution < -0.4 is 4.74 Å². The molecule has 0 aliphatic heterocycles. The fourth-order valence-electron chi connectivity index (χ4n) is 2.74. The lowest BCUT2D eigenvalue weighted by Crippen LogP contribution is -2.10. The van der Waals surface area contributed by atoms with Crippen LogP contribution in [0.15, 0.2) is 42.5 Å². The molecule has 0 amide bonds. The summed E-state index contributed by atoms with van der Waals surface area (Å²) < 4.78 is 11.0. The van der Waals surface area contributed by atoms with E-state index in [9.17, 15) is 15.2 Å². The Balaban J connectivity index is 2.03. The number of aryl methyl sites for hydroxylation is 1. The number of hydrogen-bond acceptors (Lipinski definition) is 6. The third-order valence-corrected chi connectivity index (χ3v) is 4.30. The van der Waals surface area contributed by atoms with Crippen LogP contribution in [-0.2, 0) is 4.74 Å². The second-order valence-corrected chi connectivity index (χ2v) is 6.33. The predicted molar refractivity (Wildman–Crippen MR) is 105 cm³/mol. The summed E-state index contributed by atoms with van der Waals surface area (Å²) in [5.41, 5.74) is 0.727. The molecule has 3 aromatic rings. The van der Waals surface area contributed by atoms with Crippen LogP contribution >= 0.6 is 0 Å². The van der Waals surface area contributed by atoms with Gasteiger partial charge >= 0.3 is 5.97 Å². The van der Waals surface area contributed by atoms with Gasteiger partial charge in [0.1, 0.15) is 23.3 Å². The number of para-hydroxylation sites is 1. The Bertz CT molecular complexity index is 1070. The quantitative estimate of drug-likeness (QED) is 0.487. The Labute approximate surface area is 163 Å². The SMILES string of the molecule is CCCCOC(=O)c1nc(C#N)c2ccc(Oc3ccccc3C)cc2c1O. The molecule has 2 aromatic carbocycles. The normalized spacial score (nSPS) is 10.5. The number of unbranched alkanes of at least 4 members (excludes halogenated alkanes) is 1. The van der Waals surface area contributed by atoms with E-state index in [-0.39, 0.29) is 23.7 Å². The van der Waals surface area contributed by atoms with Crippen molar-refractivity contribution in [3.63, 3.8) is 0 Å². The lowest BCUT2D eigenvalue weighted by atomic mass is 10.1. The molecule has 1 N–H and O–H groups in total. The van der Waals surface area contributed by atoms with E-state index in [1.165, 1.54) is 0 Å². The fourth-order valence-corrected chi connectivity index (χ4v) is 2.74. The van der Waals surface area contributed by atoms with Crippen LogP contribution in [0.5, 0.6) is 17.2 Å². The number of nitrogens with zero attached hydrogens (tertiary/aromatic N) is 2. The number of aromatic nitrogens is 1. The maximum absolute atomic E-state index is 12.3. The van der Waals surface area contributed by atoms with Gasteiger partial charge in [0.05, 0.1) is 6.61 Å². The molecule has 28 heavy (non-hydrogen) atoms. The number of carbonyl (C=O) groups is 1. The molecule has 1 aromatic heterocycles. The first kappa shape index (κ1) is 19.2. The molecule has 6 nitrogen and oxygen atoms in total. The lowest BCUT2D eigenvalue weighted by Gasteiger charge is -2.12. The van der Waals surface area contributed by atoms with Crippen LogP contribution in [-0.4, -0.2) is 22.7 Å². The van der Waals surface area contributed by atoms with Gasteiger partial charge in [-0.2, -0.15) is 5.26 Å². The number of aromatic hydroxyl groups is 1. The first-order valence-electron chi connectivity index (χ1n) is 9.02. The zero-order chi connectivity index (χ0) is 20.1. The topological polar surface area (TPSA) is 92.4 Å². The number of carbonyl (C=O) groups excluding carboxylic acids is 1. The third-order valence-electron chi connectivity index (χ3n) is 4.30. The summed E-state index contributed by atoms with van der Waals surface area (Å²) in [5, 5.41) is 20.8. The highest BCUT2D eigenvalue weighted by Crippen LogP contribution is 2.34. The standard InChI is InChI=1S/C22H20N2O4/c1-3-4-11-27-22(26)20-21(25)17-12-15(9-10-16(17)18(13-23)24-20)28-19-8-6-5-7-14(19)2/h5-10,12,25H,3-4,11H2,1-2H3. The molecule has 0 unspecified atom stereocenters. The molecular formula is C22H20N2O4. The summed E-state index contributed by atoms with van der Waals surface area (Å²) in [6.07, 6.45) is 1.58. The molecule has 0 aliphatic carbocycles. The van der Waals surface area contributed by atoms with Gasteiger partial charge in [0.25, 0.3) is 0 Å². The molecule has 0 aliphatic rings. The lowest BCUT2D eigenvalue weighted by molar-refractivity contribution is 0.0489. The van der Waals surface area contributed by atoms with Crippen LogP contribution in [0.1, 0.15) is 41.5 Å². The number of esters is 1. The van der Waals surface area contributed by atoms with E-state index < -0.39 is 5.97 Å². The Hall–Kier alpha value is -3.59. The zero-order valence-electron chi connectivity index (χ0n) is 15.7. The number of hydrogen-bond donors (Lipinski definition) is 1. The first-order valence-corrected chi connectivity index (χ1v) is 9.02. The second-order valence-electron chi connectivity index (χ2n) is 6.33.